The molecule has 1 amide bonds. The zero-order valence-electron chi connectivity index (χ0n) is 11.5. The van der Waals surface area contributed by atoms with Crippen LogP contribution in [0.3, 0.4) is 0 Å². The van der Waals surface area contributed by atoms with Crippen molar-refractivity contribution >= 4 is 17.5 Å². The smallest absolute Gasteiger partial charge is 0.227 e. The molecule has 1 aliphatic heterocycles. The average Bonchev–Trinajstić information content (AvgIpc) is 2.82. The van der Waals surface area contributed by atoms with Crippen LogP contribution in [-0.4, -0.2) is 36.0 Å². The quantitative estimate of drug-likeness (QED) is 0.526. The molecule has 0 spiro atoms. The number of hydrogen-bond acceptors (Lipinski definition) is 6. The van der Waals surface area contributed by atoms with Crippen LogP contribution in [0.25, 0.3) is 0 Å². The molecule has 104 valence electrons. The summed E-state index contributed by atoms with van der Waals surface area (Å²) in [5.74, 6) is 6.93. The highest BCUT2D eigenvalue weighted by molar-refractivity contribution is 5.83. The fraction of sp³-hybridized carbons (Fsp3) is 0.583. The van der Waals surface area contributed by atoms with E-state index in [0.29, 0.717) is 12.4 Å². The summed E-state index contributed by atoms with van der Waals surface area (Å²) in [6.07, 6.45) is 2.29. The molecule has 1 atom stereocenters. The van der Waals surface area contributed by atoms with E-state index in [4.69, 9.17) is 5.84 Å². The minimum absolute atomic E-state index is 0.0684. The van der Waals surface area contributed by atoms with Crippen molar-refractivity contribution in [2.24, 2.45) is 11.3 Å². The number of carbonyl (C=O) groups excluding carboxylic acids is 1. The summed E-state index contributed by atoms with van der Waals surface area (Å²) in [6, 6.07) is 0. The molecule has 2 rings (SSSR count). The lowest BCUT2D eigenvalue weighted by Gasteiger charge is -2.24. The molecule has 1 aliphatic rings. The van der Waals surface area contributed by atoms with Crippen molar-refractivity contribution < 1.29 is 4.79 Å². The van der Waals surface area contributed by atoms with E-state index >= 15 is 0 Å². The first kappa shape index (κ1) is 13.5. The van der Waals surface area contributed by atoms with Gasteiger partial charge in [-0.25, -0.2) is 15.8 Å². The Kier molecular flexibility index (Phi) is 3.57. The number of anilines is 2. The molecule has 1 aromatic heterocycles. The van der Waals surface area contributed by atoms with Gasteiger partial charge in [0.15, 0.2) is 0 Å². The Hall–Kier alpha value is -1.89. The Morgan fingerprint density at radius 3 is 2.89 bits per heavy atom. The minimum Gasteiger partial charge on any atom is -0.359 e. The highest BCUT2D eigenvalue weighted by Crippen LogP contribution is 2.34. The molecule has 1 fully saturated rings. The van der Waals surface area contributed by atoms with Gasteiger partial charge in [-0.1, -0.05) is 0 Å². The largest absolute Gasteiger partial charge is 0.359 e. The van der Waals surface area contributed by atoms with Gasteiger partial charge in [-0.15, -0.1) is 0 Å². The van der Waals surface area contributed by atoms with E-state index in [1.165, 1.54) is 6.33 Å². The van der Waals surface area contributed by atoms with Crippen LogP contribution < -0.4 is 21.5 Å². The molecule has 0 aliphatic carbocycles. The van der Waals surface area contributed by atoms with Gasteiger partial charge in [0.1, 0.15) is 18.0 Å². The third-order valence-electron chi connectivity index (χ3n) is 3.74. The van der Waals surface area contributed by atoms with Gasteiger partial charge in [-0.2, -0.15) is 0 Å². The maximum absolute atomic E-state index is 11.9. The second kappa shape index (κ2) is 5.00. The first-order valence-electron chi connectivity index (χ1n) is 6.27. The van der Waals surface area contributed by atoms with Crippen LogP contribution in [0.5, 0.6) is 0 Å². The zero-order valence-corrected chi connectivity index (χ0v) is 11.5. The molecule has 1 aromatic rings. The minimum atomic E-state index is -0.373. The molecule has 0 bridgehead atoms. The highest BCUT2D eigenvalue weighted by Gasteiger charge is 2.40. The predicted molar refractivity (Wildman–Crippen MR) is 73.6 cm³/mol. The maximum atomic E-state index is 11.9. The van der Waals surface area contributed by atoms with Gasteiger partial charge in [0.2, 0.25) is 5.91 Å². The number of nitrogens with zero attached hydrogens (tertiary/aromatic N) is 3. The third-order valence-corrected chi connectivity index (χ3v) is 3.74. The van der Waals surface area contributed by atoms with E-state index in [0.717, 1.165) is 24.3 Å². The molecule has 1 unspecified atom stereocenters. The molecule has 7 nitrogen and oxygen atoms in total. The van der Waals surface area contributed by atoms with Gasteiger partial charge >= 0.3 is 0 Å². The van der Waals surface area contributed by atoms with E-state index < -0.39 is 0 Å². The number of amides is 1. The monoisotopic (exact) mass is 264 g/mol. The van der Waals surface area contributed by atoms with Crippen molar-refractivity contribution in [1.29, 1.82) is 0 Å². The van der Waals surface area contributed by atoms with Crippen molar-refractivity contribution in [3.8, 4) is 0 Å². The van der Waals surface area contributed by atoms with Gasteiger partial charge in [-0.05, 0) is 20.3 Å². The normalized spacial score (nSPS) is 22.4. The van der Waals surface area contributed by atoms with Crippen LogP contribution in [0.4, 0.5) is 11.6 Å². The van der Waals surface area contributed by atoms with E-state index in [1.54, 1.807) is 7.05 Å². The molecule has 0 radical (unpaired) electrons. The van der Waals surface area contributed by atoms with Gasteiger partial charge < -0.3 is 15.6 Å². The van der Waals surface area contributed by atoms with E-state index in [-0.39, 0.29) is 11.3 Å². The average molecular weight is 264 g/mol. The van der Waals surface area contributed by atoms with Crippen LogP contribution in [-0.2, 0) is 4.79 Å². The lowest BCUT2D eigenvalue weighted by molar-refractivity contribution is -0.128. The Morgan fingerprint density at radius 2 is 2.26 bits per heavy atom. The Labute approximate surface area is 112 Å². The summed E-state index contributed by atoms with van der Waals surface area (Å²) >= 11 is 0. The van der Waals surface area contributed by atoms with Crippen molar-refractivity contribution in [1.82, 2.24) is 15.3 Å². The third kappa shape index (κ3) is 2.33. The SMILES string of the molecule is CNC(=O)C1(C)CCN(c2ncnc(NN)c2C)C1. The molecular weight excluding hydrogens is 244 g/mol. The Bertz CT molecular complexity index is 491. The number of nitrogens with one attached hydrogen (secondary N) is 2. The van der Waals surface area contributed by atoms with Crippen LogP contribution >= 0.6 is 0 Å². The van der Waals surface area contributed by atoms with E-state index in [1.807, 2.05) is 13.8 Å². The molecule has 4 N–H and O–H groups in total. The topological polar surface area (TPSA) is 96.2 Å². The van der Waals surface area contributed by atoms with Crippen LogP contribution in [0.2, 0.25) is 0 Å². The van der Waals surface area contributed by atoms with Gasteiger partial charge in [0.25, 0.3) is 0 Å². The van der Waals surface area contributed by atoms with Crippen LogP contribution in [0.1, 0.15) is 18.9 Å². The fourth-order valence-corrected chi connectivity index (χ4v) is 2.53. The molecule has 1 saturated heterocycles. The Balaban J connectivity index is 2.24. The lowest BCUT2D eigenvalue weighted by atomic mass is 9.89. The zero-order chi connectivity index (χ0) is 14.0. The number of carbonyl (C=O) groups is 1. The first-order valence-corrected chi connectivity index (χ1v) is 6.27. The fourth-order valence-electron chi connectivity index (χ4n) is 2.53. The second-order valence-electron chi connectivity index (χ2n) is 5.13. The predicted octanol–water partition coefficient (Wildman–Crippen LogP) is 0.0330. The highest BCUT2D eigenvalue weighted by atomic mass is 16.2. The van der Waals surface area contributed by atoms with E-state index in [2.05, 4.69) is 25.6 Å². The number of hydrazine groups is 1. The molecule has 2 heterocycles. The number of hydrogen-bond donors (Lipinski definition) is 3. The molecule has 0 aromatic carbocycles. The number of rotatable bonds is 3. The van der Waals surface area contributed by atoms with Crippen molar-refractivity contribution in [2.45, 2.75) is 20.3 Å². The molecular formula is C12H20N6O. The van der Waals surface area contributed by atoms with Crippen molar-refractivity contribution in [2.75, 3.05) is 30.5 Å². The summed E-state index contributed by atoms with van der Waals surface area (Å²) < 4.78 is 0. The van der Waals surface area contributed by atoms with Gasteiger partial charge in [0.05, 0.1) is 5.41 Å². The summed E-state index contributed by atoms with van der Waals surface area (Å²) in [7, 11) is 1.67. The maximum Gasteiger partial charge on any atom is 0.227 e. The molecule has 19 heavy (non-hydrogen) atoms. The molecule has 0 saturated carbocycles. The number of nitrogen functional groups attached to an aromatic ring is 1. The summed E-state index contributed by atoms with van der Waals surface area (Å²) in [5.41, 5.74) is 3.08. The van der Waals surface area contributed by atoms with Crippen LogP contribution in [0, 0.1) is 12.3 Å². The van der Waals surface area contributed by atoms with Gasteiger partial charge in [0, 0.05) is 25.7 Å². The Morgan fingerprint density at radius 1 is 1.53 bits per heavy atom. The summed E-state index contributed by atoms with van der Waals surface area (Å²) in [6.45, 7) is 5.34. The van der Waals surface area contributed by atoms with Crippen molar-refractivity contribution in [3.63, 3.8) is 0 Å². The lowest BCUT2D eigenvalue weighted by Crippen LogP contribution is -2.39. The summed E-state index contributed by atoms with van der Waals surface area (Å²) in [4.78, 5) is 22.4. The standard InChI is InChI=1S/C12H20N6O/c1-8-9(17-13)15-7-16-10(8)18-5-4-12(2,6-18)11(19)14-3/h7H,4-6,13H2,1-3H3,(H,14,19)(H,15,16,17). The summed E-state index contributed by atoms with van der Waals surface area (Å²) in [5, 5.41) is 2.73. The van der Waals surface area contributed by atoms with E-state index in [9.17, 15) is 4.79 Å². The second-order valence-corrected chi connectivity index (χ2v) is 5.13. The number of aromatic nitrogens is 2. The van der Waals surface area contributed by atoms with Crippen LogP contribution in [0.15, 0.2) is 6.33 Å². The molecule has 7 heteroatoms. The first-order chi connectivity index (χ1) is 9.01. The number of nitrogens with two attached hydrogens (primary N) is 1. The van der Waals surface area contributed by atoms with Gasteiger partial charge in [-0.3, -0.25) is 4.79 Å². The van der Waals surface area contributed by atoms with Crippen molar-refractivity contribution in [3.05, 3.63) is 11.9 Å².